The van der Waals surface area contributed by atoms with Gasteiger partial charge in [-0.3, -0.25) is 0 Å². The highest BCUT2D eigenvalue weighted by Crippen LogP contribution is 2.27. The molecule has 0 radical (unpaired) electrons. The Morgan fingerprint density at radius 3 is 2.64 bits per heavy atom. The summed E-state index contributed by atoms with van der Waals surface area (Å²) in [5.41, 5.74) is 2.89. The second kappa shape index (κ2) is 7.85. The Kier molecular flexibility index (Phi) is 4.68. The summed E-state index contributed by atoms with van der Waals surface area (Å²) in [6.07, 6.45) is 1.75. The molecule has 0 aliphatic carbocycles. The lowest BCUT2D eigenvalue weighted by Gasteiger charge is -2.26. The number of H-pyrrole nitrogens is 2. The molecular formula is C22H20F2N8O. The number of ether oxygens (including phenoxy) is 1. The fourth-order valence-corrected chi connectivity index (χ4v) is 4.21. The Morgan fingerprint density at radius 1 is 1.00 bits per heavy atom. The predicted octanol–water partition coefficient (Wildman–Crippen LogP) is 3.15. The van der Waals surface area contributed by atoms with Gasteiger partial charge in [0, 0.05) is 25.8 Å². The fourth-order valence-electron chi connectivity index (χ4n) is 4.21. The van der Waals surface area contributed by atoms with E-state index in [1.165, 1.54) is 6.07 Å². The third-order valence-corrected chi connectivity index (χ3v) is 5.82. The number of nitrogens with zero attached hydrogens (tertiary/aromatic N) is 6. The van der Waals surface area contributed by atoms with Crippen molar-refractivity contribution in [2.75, 3.05) is 31.2 Å². The van der Waals surface area contributed by atoms with Crippen LogP contribution >= 0.6 is 0 Å². The average Bonchev–Trinajstić information content (AvgIpc) is 3.31. The molecule has 2 aromatic carbocycles. The van der Waals surface area contributed by atoms with Crippen molar-refractivity contribution in [2.45, 2.75) is 6.54 Å². The Bertz CT molecular complexity index is 1470. The highest BCUT2D eigenvalue weighted by molar-refractivity contribution is 5.90. The number of aromatic nitrogens is 7. The highest BCUT2D eigenvalue weighted by Gasteiger charge is 2.20. The van der Waals surface area contributed by atoms with Gasteiger partial charge < -0.3 is 14.2 Å². The van der Waals surface area contributed by atoms with Crippen LogP contribution < -0.4 is 4.90 Å². The molecule has 0 saturated carbocycles. The number of aromatic amines is 2. The van der Waals surface area contributed by atoms with Crippen LogP contribution in [0.25, 0.3) is 27.9 Å². The largest absolute Gasteiger partial charge is 0.378 e. The van der Waals surface area contributed by atoms with Crippen molar-refractivity contribution >= 4 is 28.0 Å². The van der Waals surface area contributed by atoms with Gasteiger partial charge in [-0.15, -0.1) is 5.10 Å². The highest BCUT2D eigenvalue weighted by atomic mass is 19.2. The molecule has 6 rings (SSSR count). The van der Waals surface area contributed by atoms with Crippen LogP contribution in [-0.4, -0.2) is 61.0 Å². The van der Waals surface area contributed by atoms with Crippen molar-refractivity contribution in [2.24, 2.45) is 0 Å². The number of hydrogen-bond acceptors (Lipinski definition) is 5. The van der Waals surface area contributed by atoms with Gasteiger partial charge in [0.1, 0.15) is 5.65 Å². The van der Waals surface area contributed by atoms with Gasteiger partial charge in [0.05, 0.1) is 29.6 Å². The first-order valence-electron chi connectivity index (χ1n) is 10.6. The first-order valence-corrected chi connectivity index (χ1v) is 10.6. The third-order valence-electron chi connectivity index (χ3n) is 5.82. The molecule has 33 heavy (non-hydrogen) atoms. The van der Waals surface area contributed by atoms with Crippen molar-refractivity contribution in [3.8, 4) is 5.82 Å². The summed E-state index contributed by atoms with van der Waals surface area (Å²) in [7, 11) is 0. The maximum Gasteiger partial charge on any atom is 0.227 e. The summed E-state index contributed by atoms with van der Waals surface area (Å²) in [6.45, 7) is 2.87. The standard InChI is InChI=1S/C22H20F2N8O/c23-16-6-5-14(11-17(16)24)13-31-18-3-1-2-4-19(18)32-21(27-28-29-32)15-12-25-22(26-20(15)31)30-7-9-33-10-8-30/h1-6,11-12,28-29H,7-10,13H2. The molecule has 9 nitrogen and oxygen atoms in total. The summed E-state index contributed by atoms with van der Waals surface area (Å²) in [5, 5.41) is 10.9. The average molecular weight is 450 g/mol. The summed E-state index contributed by atoms with van der Waals surface area (Å²) in [6, 6.07) is 11.7. The molecule has 168 valence electrons. The molecule has 4 heterocycles. The Balaban J connectivity index is 1.66. The fraction of sp³-hybridized carbons (Fsp3) is 0.227. The zero-order chi connectivity index (χ0) is 22.4. The topological polar surface area (TPSA) is 92.6 Å². The molecule has 0 unspecified atom stereocenters. The van der Waals surface area contributed by atoms with Crippen molar-refractivity contribution in [3.63, 3.8) is 0 Å². The van der Waals surface area contributed by atoms with Gasteiger partial charge in [0.15, 0.2) is 17.5 Å². The Morgan fingerprint density at radius 2 is 1.82 bits per heavy atom. The summed E-state index contributed by atoms with van der Waals surface area (Å²) >= 11 is 0. The Hall–Kier alpha value is -3.99. The van der Waals surface area contributed by atoms with Crippen LogP contribution in [0, 0.1) is 11.6 Å². The van der Waals surface area contributed by atoms with Crippen LogP contribution in [0.2, 0.25) is 0 Å². The van der Waals surface area contributed by atoms with Gasteiger partial charge in [0.25, 0.3) is 0 Å². The molecule has 1 fully saturated rings. The lowest BCUT2D eigenvalue weighted by atomic mass is 10.2. The second-order valence-electron chi connectivity index (χ2n) is 7.82. The van der Waals surface area contributed by atoms with E-state index in [0.29, 0.717) is 54.7 Å². The van der Waals surface area contributed by atoms with Crippen LogP contribution in [0.15, 0.2) is 48.7 Å². The van der Waals surface area contributed by atoms with E-state index in [1.807, 2.05) is 33.5 Å². The van der Waals surface area contributed by atoms with Crippen LogP contribution in [-0.2, 0) is 11.3 Å². The van der Waals surface area contributed by atoms with Crippen LogP contribution in [0.1, 0.15) is 5.56 Å². The molecule has 1 aromatic heterocycles. The van der Waals surface area contributed by atoms with E-state index in [0.717, 1.165) is 17.1 Å². The van der Waals surface area contributed by atoms with Gasteiger partial charge in [-0.25, -0.2) is 28.9 Å². The minimum Gasteiger partial charge on any atom is -0.378 e. The van der Waals surface area contributed by atoms with E-state index in [2.05, 4.69) is 25.4 Å². The molecule has 0 atom stereocenters. The van der Waals surface area contributed by atoms with E-state index in [9.17, 15) is 8.78 Å². The number of morpholine rings is 1. The lowest BCUT2D eigenvalue weighted by Crippen LogP contribution is -2.37. The van der Waals surface area contributed by atoms with E-state index < -0.39 is 11.6 Å². The quantitative estimate of drug-likeness (QED) is 0.441. The molecule has 2 N–H and O–H groups in total. The molecule has 3 aliphatic rings. The van der Waals surface area contributed by atoms with Gasteiger partial charge >= 0.3 is 0 Å². The summed E-state index contributed by atoms with van der Waals surface area (Å²) in [5.74, 6) is -0.572. The SMILES string of the molecule is Fc1ccc(Cn2c3ccccc3n3[nH][nH]nc-3c3cnc(N4CCOCC4)nc32)cc1F. The number of nitrogens with one attached hydrogen (secondary N) is 2. The first-order chi connectivity index (χ1) is 16.2. The zero-order valence-electron chi connectivity index (χ0n) is 17.5. The van der Waals surface area contributed by atoms with Crippen LogP contribution in [0.4, 0.5) is 14.7 Å². The van der Waals surface area contributed by atoms with E-state index in [-0.39, 0.29) is 6.54 Å². The van der Waals surface area contributed by atoms with E-state index in [4.69, 9.17) is 9.72 Å². The monoisotopic (exact) mass is 450 g/mol. The lowest BCUT2D eigenvalue weighted by molar-refractivity contribution is 0.122. The van der Waals surface area contributed by atoms with Gasteiger partial charge in [-0.05, 0) is 29.8 Å². The van der Waals surface area contributed by atoms with Gasteiger partial charge in [0.2, 0.25) is 5.95 Å². The molecule has 1 saturated heterocycles. The molecule has 3 aromatic rings. The van der Waals surface area contributed by atoms with Gasteiger partial charge in [-0.1, -0.05) is 18.2 Å². The minimum atomic E-state index is -0.886. The molecule has 0 bridgehead atoms. The van der Waals surface area contributed by atoms with Crippen LogP contribution in [0.3, 0.4) is 0 Å². The number of rotatable bonds is 3. The van der Waals surface area contributed by atoms with E-state index in [1.54, 1.807) is 12.3 Å². The second-order valence-corrected chi connectivity index (χ2v) is 7.82. The van der Waals surface area contributed by atoms with Crippen molar-refractivity contribution in [1.29, 1.82) is 0 Å². The third kappa shape index (κ3) is 3.37. The maximum absolute atomic E-state index is 14.0. The number of benzene rings is 2. The van der Waals surface area contributed by atoms with Crippen molar-refractivity contribution in [3.05, 3.63) is 65.9 Å². The van der Waals surface area contributed by atoms with Gasteiger partial charge in [-0.2, -0.15) is 4.98 Å². The minimum absolute atomic E-state index is 0.273. The normalized spacial score (nSPS) is 14.4. The van der Waals surface area contributed by atoms with Crippen molar-refractivity contribution < 1.29 is 13.5 Å². The first kappa shape index (κ1) is 19.7. The molecular weight excluding hydrogens is 430 g/mol. The number of fused-ring (bicyclic) bond motifs is 5. The Labute approximate surface area is 186 Å². The molecule has 3 aliphatic heterocycles. The van der Waals surface area contributed by atoms with Crippen LogP contribution in [0.5, 0.6) is 0 Å². The number of hydrogen-bond donors (Lipinski definition) is 2. The molecule has 11 heteroatoms. The predicted molar refractivity (Wildman–Crippen MR) is 118 cm³/mol. The summed E-state index contributed by atoms with van der Waals surface area (Å²) in [4.78, 5) is 11.6. The smallest absolute Gasteiger partial charge is 0.227 e. The maximum atomic E-state index is 14.0. The molecule has 0 amide bonds. The van der Waals surface area contributed by atoms with E-state index >= 15 is 0 Å². The number of anilines is 1. The number of tetrazole rings is 1. The number of halogens is 2. The zero-order valence-corrected chi connectivity index (χ0v) is 17.5. The summed E-state index contributed by atoms with van der Waals surface area (Å²) < 4.78 is 36.8. The number of para-hydroxylation sites is 2. The molecule has 0 spiro atoms. The van der Waals surface area contributed by atoms with Crippen molar-refractivity contribution in [1.82, 2.24) is 34.7 Å².